The standard InChI is InChI=1S/C15H18N2O3S/c1-11-2-4-12(5-3-11)20-8-7-17-13(18)15(16-14(17)19)6-9-21-10-15/h2-5H,6-10H2,1H3,(H,16,19)/t15-/m0/s1. The van der Waals surface area contributed by atoms with Crippen LogP contribution in [0.3, 0.4) is 0 Å². The van der Waals surface area contributed by atoms with Crippen LogP contribution in [0.4, 0.5) is 4.79 Å². The number of nitrogens with zero attached hydrogens (tertiary/aromatic N) is 1. The van der Waals surface area contributed by atoms with E-state index in [1.807, 2.05) is 31.2 Å². The van der Waals surface area contributed by atoms with E-state index in [9.17, 15) is 9.59 Å². The van der Waals surface area contributed by atoms with Gasteiger partial charge in [0.15, 0.2) is 0 Å². The number of aryl methyl sites for hydroxylation is 1. The fraction of sp³-hybridized carbons (Fsp3) is 0.467. The van der Waals surface area contributed by atoms with E-state index >= 15 is 0 Å². The summed E-state index contributed by atoms with van der Waals surface area (Å²) in [5, 5.41) is 2.85. The van der Waals surface area contributed by atoms with Gasteiger partial charge in [-0.1, -0.05) is 17.7 Å². The third kappa shape index (κ3) is 2.72. The van der Waals surface area contributed by atoms with Crippen LogP contribution in [0.15, 0.2) is 24.3 Å². The number of imide groups is 1. The van der Waals surface area contributed by atoms with Crippen molar-refractivity contribution in [2.45, 2.75) is 18.9 Å². The molecule has 2 fully saturated rings. The van der Waals surface area contributed by atoms with E-state index in [4.69, 9.17) is 4.74 Å². The van der Waals surface area contributed by atoms with Crippen molar-refractivity contribution in [3.8, 4) is 5.75 Å². The average molecular weight is 306 g/mol. The Morgan fingerprint density at radius 3 is 2.76 bits per heavy atom. The fourth-order valence-corrected chi connectivity index (χ4v) is 3.93. The van der Waals surface area contributed by atoms with E-state index in [1.165, 1.54) is 4.90 Å². The summed E-state index contributed by atoms with van der Waals surface area (Å²) < 4.78 is 5.59. The lowest BCUT2D eigenvalue weighted by Gasteiger charge is -2.19. The molecule has 2 aliphatic rings. The highest BCUT2D eigenvalue weighted by Crippen LogP contribution is 2.33. The first-order valence-corrected chi connectivity index (χ1v) is 8.18. The summed E-state index contributed by atoms with van der Waals surface area (Å²) in [4.78, 5) is 25.6. The predicted octanol–water partition coefficient (Wildman–Crippen LogP) is 1.80. The maximum atomic E-state index is 12.4. The summed E-state index contributed by atoms with van der Waals surface area (Å²) in [6, 6.07) is 7.41. The van der Waals surface area contributed by atoms with Gasteiger partial charge in [0.25, 0.3) is 5.91 Å². The number of amides is 3. The zero-order valence-electron chi connectivity index (χ0n) is 11.9. The Morgan fingerprint density at radius 1 is 1.33 bits per heavy atom. The molecule has 2 saturated heterocycles. The van der Waals surface area contributed by atoms with Crippen molar-refractivity contribution in [1.82, 2.24) is 10.2 Å². The zero-order chi connectivity index (χ0) is 14.9. The number of benzene rings is 1. The number of thioether (sulfide) groups is 1. The maximum absolute atomic E-state index is 12.4. The molecule has 3 amide bonds. The van der Waals surface area contributed by atoms with Gasteiger partial charge in [0.05, 0.1) is 6.54 Å². The Hall–Kier alpha value is -1.69. The van der Waals surface area contributed by atoms with E-state index in [0.717, 1.165) is 23.5 Å². The molecular formula is C15H18N2O3S. The van der Waals surface area contributed by atoms with Gasteiger partial charge in [0, 0.05) is 5.75 Å². The van der Waals surface area contributed by atoms with E-state index in [0.29, 0.717) is 12.4 Å². The second kappa shape index (κ2) is 5.60. The highest BCUT2D eigenvalue weighted by Gasteiger charge is 2.52. The first-order chi connectivity index (χ1) is 10.1. The van der Waals surface area contributed by atoms with Gasteiger partial charge < -0.3 is 10.1 Å². The normalized spacial score (nSPS) is 24.7. The van der Waals surface area contributed by atoms with Crippen molar-refractivity contribution in [3.05, 3.63) is 29.8 Å². The molecule has 1 aromatic rings. The van der Waals surface area contributed by atoms with Gasteiger partial charge in [0.1, 0.15) is 17.9 Å². The van der Waals surface area contributed by atoms with Crippen LogP contribution in [0, 0.1) is 6.92 Å². The molecule has 0 aromatic heterocycles. The van der Waals surface area contributed by atoms with Crippen molar-refractivity contribution in [2.24, 2.45) is 0 Å². The van der Waals surface area contributed by atoms with Gasteiger partial charge in [-0.3, -0.25) is 9.69 Å². The number of hydrogen-bond acceptors (Lipinski definition) is 4. The molecule has 1 atom stereocenters. The van der Waals surface area contributed by atoms with Crippen LogP contribution < -0.4 is 10.1 Å². The van der Waals surface area contributed by atoms with Crippen molar-refractivity contribution in [1.29, 1.82) is 0 Å². The summed E-state index contributed by atoms with van der Waals surface area (Å²) >= 11 is 1.71. The highest BCUT2D eigenvalue weighted by atomic mass is 32.2. The van der Waals surface area contributed by atoms with Gasteiger partial charge in [-0.25, -0.2) is 4.79 Å². The Kier molecular flexibility index (Phi) is 3.80. The molecule has 3 rings (SSSR count). The molecule has 1 aromatic carbocycles. The summed E-state index contributed by atoms with van der Waals surface area (Å²) in [6.45, 7) is 2.60. The first kappa shape index (κ1) is 14.3. The minimum atomic E-state index is -0.661. The van der Waals surface area contributed by atoms with E-state index in [1.54, 1.807) is 11.8 Å². The third-order valence-electron chi connectivity index (χ3n) is 3.87. The van der Waals surface area contributed by atoms with Crippen molar-refractivity contribution in [3.63, 3.8) is 0 Å². The maximum Gasteiger partial charge on any atom is 0.325 e. The van der Waals surface area contributed by atoms with E-state index < -0.39 is 5.54 Å². The lowest BCUT2D eigenvalue weighted by atomic mass is 9.99. The van der Waals surface area contributed by atoms with E-state index in [2.05, 4.69) is 5.32 Å². The number of nitrogens with one attached hydrogen (secondary N) is 1. The number of urea groups is 1. The number of carbonyl (C=O) groups excluding carboxylic acids is 2. The summed E-state index contributed by atoms with van der Waals surface area (Å²) in [6.07, 6.45) is 0.720. The van der Waals surface area contributed by atoms with Crippen LogP contribution in [0.5, 0.6) is 5.75 Å². The van der Waals surface area contributed by atoms with Gasteiger partial charge in [-0.2, -0.15) is 11.8 Å². The topological polar surface area (TPSA) is 58.6 Å². The minimum Gasteiger partial charge on any atom is -0.492 e. The summed E-state index contributed by atoms with van der Waals surface area (Å²) in [5.74, 6) is 2.23. The molecule has 1 N–H and O–H groups in total. The van der Waals surface area contributed by atoms with Gasteiger partial charge >= 0.3 is 6.03 Å². The molecule has 112 valence electrons. The van der Waals surface area contributed by atoms with Crippen LogP contribution in [-0.2, 0) is 4.79 Å². The van der Waals surface area contributed by atoms with Crippen LogP contribution in [0.25, 0.3) is 0 Å². The lowest BCUT2D eigenvalue weighted by molar-refractivity contribution is -0.130. The zero-order valence-corrected chi connectivity index (χ0v) is 12.7. The molecule has 0 bridgehead atoms. The smallest absolute Gasteiger partial charge is 0.325 e. The number of hydrogen-bond donors (Lipinski definition) is 1. The van der Waals surface area contributed by atoms with Gasteiger partial charge in [-0.15, -0.1) is 0 Å². The fourth-order valence-electron chi connectivity index (χ4n) is 2.60. The number of carbonyl (C=O) groups is 2. The molecule has 0 unspecified atom stereocenters. The molecule has 21 heavy (non-hydrogen) atoms. The lowest BCUT2D eigenvalue weighted by Crippen LogP contribution is -2.47. The monoisotopic (exact) mass is 306 g/mol. The molecule has 2 heterocycles. The van der Waals surface area contributed by atoms with E-state index in [-0.39, 0.29) is 18.5 Å². The molecule has 1 spiro atoms. The molecule has 0 aliphatic carbocycles. The highest BCUT2D eigenvalue weighted by molar-refractivity contribution is 7.99. The minimum absolute atomic E-state index is 0.106. The van der Waals surface area contributed by atoms with Crippen molar-refractivity contribution >= 4 is 23.7 Å². The molecule has 5 nitrogen and oxygen atoms in total. The average Bonchev–Trinajstić information content (AvgIpc) is 3.02. The third-order valence-corrected chi connectivity index (χ3v) is 5.06. The Labute approximate surface area is 128 Å². The second-order valence-corrected chi connectivity index (χ2v) is 6.54. The van der Waals surface area contributed by atoms with Crippen molar-refractivity contribution in [2.75, 3.05) is 24.7 Å². The van der Waals surface area contributed by atoms with Crippen LogP contribution in [0.2, 0.25) is 0 Å². The SMILES string of the molecule is Cc1ccc(OCCN2C(=O)N[C@]3(CCSC3)C2=O)cc1. The summed E-state index contributed by atoms with van der Waals surface area (Å²) in [5.41, 5.74) is 0.503. The molecule has 6 heteroatoms. The largest absolute Gasteiger partial charge is 0.492 e. The second-order valence-electron chi connectivity index (χ2n) is 5.43. The van der Waals surface area contributed by atoms with Crippen LogP contribution in [0.1, 0.15) is 12.0 Å². The molecule has 0 radical (unpaired) electrons. The molecule has 0 saturated carbocycles. The Morgan fingerprint density at radius 2 is 2.10 bits per heavy atom. The van der Waals surface area contributed by atoms with Gasteiger partial charge in [0.2, 0.25) is 0 Å². The Bertz CT molecular complexity index is 553. The van der Waals surface area contributed by atoms with Crippen LogP contribution in [-0.4, -0.2) is 47.0 Å². The Balaban J connectivity index is 1.56. The quantitative estimate of drug-likeness (QED) is 0.862. The molecular weight excluding hydrogens is 288 g/mol. The number of rotatable bonds is 4. The summed E-state index contributed by atoms with van der Waals surface area (Å²) in [7, 11) is 0. The van der Waals surface area contributed by atoms with Crippen LogP contribution >= 0.6 is 11.8 Å². The van der Waals surface area contributed by atoms with Crippen molar-refractivity contribution < 1.29 is 14.3 Å². The predicted molar refractivity (Wildman–Crippen MR) is 81.6 cm³/mol. The first-order valence-electron chi connectivity index (χ1n) is 7.02. The van der Waals surface area contributed by atoms with Gasteiger partial charge in [-0.05, 0) is 31.2 Å². The molecule has 2 aliphatic heterocycles. The number of ether oxygens (including phenoxy) is 1.